The third kappa shape index (κ3) is 1.84. The Kier molecular flexibility index (Phi) is 2.85. The van der Waals surface area contributed by atoms with Crippen LogP contribution < -0.4 is 11.2 Å². The molecule has 0 fully saturated rings. The lowest BCUT2D eigenvalue weighted by Gasteiger charge is -2.09. The van der Waals surface area contributed by atoms with Gasteiger partial charge < -0.3 is 10.5 Å². The summed E-state index contributed by atoms with van der Waals surface area (Å²) in [7, 11) is 0. The molecule has 0 aliphatic heterocycles. The number of H-pyrrole nitrogens is 1. The van der Waals surface area contributed by atoms with Crippen molar-refractivity contribution in [3.8, 4) is 11.6 Å². The highest BCUT2D eigenvalue weighted by Gasteiger charge is 2.13. The summed E-state index contributed by atoms with van der Waals surface area (Å²) >= 11 is 0. The van der Waals surface area contributed by atoms with E-state index in [0.717, 1.165) is 10.1 Å². The van der Waals surface area contributed by atoms with Crippen LogP contribution in [0.3, 0.4) is 0 Å². The van der Waals surface area contributed by atoms with Gasteiger partial charge in [-0.1, -0.05) is 17.7 Å². The Labute approximate surface area is 102 Å². The molecule has 2 aromatic rings. The fraction of sp³-hybridized carbons (Fsp3) is 0.0833. The molecule has 0 spiro atoms. The molecule has 3 N–H and O–H groups in total. The van der Waals surface area contributed by atoms with Gasteiger partial charge in [0, 0.05) is 6.21 Å². The fourth-order valence-corrected chi connectivity index (χ4v) is 1.60. The van der Waals surface area contributed by atoms with Gasteiger partial charge in [-0.3, -0.25) is 9.78 Å². The summed E-state index contributed by atoms with van der Waals surface area (Å²) in [5.74, 6) is -0.539. The van der Waals surface area contributed by atoms with E-state index < -0.39 is 17.1 Å². The van der Waals surface area contributed by atoms with Crippen molar-refractivity contribution in [3.05, 3.63) is 56.2 Å². The first kappa shape index (κ1) is 11.8. The summed E-state index contributed by atoms with van der Waals surface area (Å²) in [4.78, 5) is 25.1. The van der Waals surface area contributed by atoms with Crippen LogP contribution in [-0.2, 0) is 0 Å². The second-order valence-electron chi connectivity index (χ2n) is 3.81. The first-order valence-corrected chi connectivity index (χ1v) is 5.20. The van der Waals surface area contributed by atoms with E-state index in [1.165, 1.54) is 0 Å². The maximum atomic E-state index is 11.7. The molecule has 92 valence electrons. The van der Waals surface area contributed by atoms with E-state index in [1.807, 2.05) is 6.92 Å². The number of nitrogens with one attached hydrogen (secondary N) is 2. The smallest absolute Gasteiger partial charge is 0.335 e. The Balaban J connectivity index is 2.79. The number of hydrogen-bond acceptors (Lipinski definition) is 4. The Morgan fingerprint density at radius 3 is 2.44 bits per heavy atom. The number of aromatic hydroxyl groups is 1. The number of nitrogens with zero attached hydrogens (tertiary/aromatic N) is 1. The van der Waals surface area contributed by atoms with Crippen molar-refractivity contribution in [1.29, 1.82) is 5.41 Å². The molecule has 0 aliphatic rings. The minimum atomic E-state index is -0.782. The van der Waals surface area contributed by atoms with Gasteiger partial charge in [-0.15, -0.1) is 0 Å². The van der Waals surface area contributed by atoms with Gasteiger partial charge >= 0.3 is 5.69 Å². The molecule has 6 nitrogen and oxygen atoms in total. The third-order valence-electron chi connectivity index (χ3n) is 2.56. The molecule has 0 amide bonds. The normalized spacial score (nSPS) is 10.3. The summed E-state index contributed by atoms with van der Waals surface area (Å²) in [5.41, 5.74) is -0.358. The van der Waals surface area contributed by atoms with Crippen molar-refractivity contribution in [1.82, 2.24) is 9.55 Å². The molecule has 0 bridgehead atoms. The highest BCUT2D eigenvalue weighted by atomic mass is 16.3. The van der Waals surface area contributed by atoms with Crippen LogP contribution in [-0.4, -0.2) is 20.9 Å². The maximum Gasteiger partial charge on any atom is 0.335 e. The molecule has 18 heavy (non-hydrogen) atoms. The molecule has 1 heterocycles. The first-order chi connectivity index (χ1) is 8.54. The van der Waals surface area contributed by atoms with E-state index in [0.29, 0.717) is 11.9 Å². The van der Waals surface area contributed by atoms with Crippen LogP contribution in [0.25, 0.3) is 5.69 Å². The molecule has 1 aromatic heterocycles. The predicted molar refractivity (Wildman–Crippen MR) is 66.9 cm³/mol. The summed E-state index contributed by atoms with van der Waals surface area (Å²) in [6.45, 7) is 1.89. The molecule has 0 radical (unpaired) electrons. The molecule has 2 rings (SSSR count). The minimum Gasteiger partial charge on any atom is -0.493 e. The second kappa shape index (κ2) is 4.33. The monoisotopic (exact) mass is 245 g/mol. The zero-order chi connectivity index (χ0) is 13.3. The van der Waals surface area contributed by atoms with Crippen molar-refractivity contribution in [2.24, 2.45) is 0 Å². The Morgan fingerprint density at radius 1 is 1.28 bits per heavy atom. The van der Waals surface area contributed by atoms with E-state index >= 15 is 0 Å². The van der Waals surface area contributed by atoms with Crippen LogP contribution >= 0.6 is 0 Å². The third-order valence-corrected chi connectivity index (χ3v) is 2.56. The van der Waals surface area contributed by atoms with Crippen LogP contribution in [0.1, 0.15) is 11.1 Å². The Hall–Kier alpha value is -2.63. The lowest BCUT2D eigenvalue weighted by atomic mass is 10.2. The number of aryl methyl sites for hydroxylation is 1. The van der Waals surface area contributed by atoms with Gasteiger partial charge in [-0.2, -0.15) is 0 Å². The average molecular weight is 245 g/mol. The summed E-state index contributed by atoms with van der Waals surface area (Å²) in [5, 5.41) is 16.9. The number of hydrogen-bond donors (Lipinski definition) is 3. The lowest BCUT2D eigenvalue weighted by molar-refractivity contribution is 0.430. The van der Waals surface area contributed by atoms with Gasteiger partial charge in [0.15, 0.2) is 0 Å². The van der Waals surface area contributed by atoms with Crippen LogP contribution in [0.4, 0.5) is 0 Å². The number of benzene rings is 1. The molecule has 0 aliphatic carbocycles. The molecule has 0 saturated carbocycles. The van der Waals surface area contributed by atoms with Gasteiger partial charge in [-0.05, 0) is 19.1 Å². The van der Waals surface area contributed by atoms with Crippen LogP contribution in [0.15, 0.2) is 33.9 Å². The quantitative estimate of drug-likeness (QED) is 0.673. The number of aromatic nitrogens is 2. The SMILES string of the molecule is Cc1ccc(-n2c(O)c(C=N)c(=O)[nH]c2=O)cc1. The minimum absolute atomic E-state index is 0.254. The van der Waals surface area contributed by atoms with Crippen molar-refractivity contribution in [2.75, 3.05) is 0 Å². The van der Waals surface area contributed by atoms with Gasteiger partial charge in [0.1, 0.15) is 5.56 Å². The molecule has 1 aromatic carbocycles. The van der Waals surface area contributed by atoms with Crippen molar-refractivity contribution in [2.45, 2.75) is 6.92 Å². The number of rotatable bonds is 2. The standard InChI is InChI=1S/C12H11N3O3/c1-7-2-4-8(5-3-7)15-11(17)9(6-13)10(16)14-12(15)18/h2-6,13,17H,1H3,(H,14,16,18). The van der Waals surface area contributed by atoms with Crippen molar-refractivity contribution in [3.63, 3.8) is 0 Å². The van der Waals surface area contributed by atoms with E-state index in [-0.39, 0.29) is 5.56 Å². The zero-order valence-electron chi connectivity index (χ0n) is 9.60. The zero-order valence-corrected chi connectivity index (χ0v) is 9.60. The molecule has 0 saturated heterocycles. The first-order valence-electron chi connectivity index (χ1n) is 5.20. The Bertz CT molecular complexity index is 711. The maximum absolute atomic E-state index is 11.7. The average Bonchev–Trinajstić information content (AvgIpc) is 2.31. The van der Waals surface area contributed by atoms with Gasteiger partial charge in [0.25, 0.3) is 5.56 Å². The number of aromatic amines is 1. The topological polar surface area (TPSA) is 98.9 Å². The van der Waals surface area contributed by atoms with Gasteiger partial charge in [0.2, 0.25) is 5.88 Å². The largest absolute Gasteiger partial charge is 0.493 e. The van der Waals surface area contributed by atoms with E-state index in [1.54, 1.807) is 24.3 Å². The molecule has 6 heteroatoms. The summed E-state index contributed by atoms with van der Waals surface area (Å²) in [6.07, 6.45) is 0.707. The van der Waals surface area contributed by atoms with E-state index in [9.17, 15) is 14.7 Å². The van der Waals surface area contributed by atoms with Crippen molar-refractivity contribution < 1.29 is 5.11 Å². The summed E-state index contributed by atoms with van der Waals surface area (Å²) in [6, 6.07) is 6.83. The highest BCUT2D eigenvalue weighted by Crippen LogP contribution is 2.15. The second-order valence-corrected chi connectivity index (χ2v) is 3.81. The van der Waals surface area contributed by atoms with Crippen LogP contribution in [0, 0.1) is 12.3 Å². The fourth-order valence-electron chi connectivity index (χ4n) is 1.60. The van der Waals surface area contributed by atoms with Gasteiger partial charge in [-0.25, -0.2) is 9.36 Å². The van der Waals surface area contributed by atoms with Crippen LogP contribution in [0.5, 0.6) is 5.88 Å². The Morgan fingerprint density at radius 2 is 1.89 bits per heavy atom. The lowest BCUT2D eigenvalue weighted by Crippen LogP contribution is -2.31. The molecule has 0 unspecified atom stereocenters. The summed E-state index contributed by atoms with van der Waals surface area (Å²) < 4.78 is 0.946. The van der Waals surface area contributed by atoms with E-state index in [4.69, 9.17) is 5.41 Å². The van der Waals surface area contributed by atoms with Crippen LogP contribution in [0.2, 0.25) is 0 Å². The highest BCUT2D eigenvalue weighted by molar-refractivity contribution is 5.79. The molecular formula is C12H11N3O3. The van der Waals surface area contributed by atoms with Crippen molar-refractivity contribution >= 4 is 6.21 Å². The van der Waals surface area contributed by atoms with Gasteiger partial charge in [0.05, 0.1) is 5.69 Å². The van der Waals surface area contributed by atoms with E-state index in [2.05, 4.69) is 4.98 Å². The molecule has 0 atom stereocenters. The predicted octanol–water partition coefficient (Wildman–Crippen LogP) is 0.537. The molecular weight excluding hydrogens is 234 g/mol.